The van der Waals surface area contributed by atoms with E-state index in [-0.39, 0.29) is 0 Å². The van der Waals surface area contributed by atoms with Crippen molar-refractivity contribution in [3.05, 3.63) is 4.13 Å². The molecule has 0 heterocycles. The van der Waals surface area contributed by atoms with Gasteiger partial charge >= 0.3 is 6.18 Å². The molecule has 0 radical (unpaired) electrons. The Morgan fingerprint density at radius 3 is 1.77 bits per heavy atom. The molecule has 0 atom stereocenters. The summed E-state index contributed by atoms with van der Waals surface area (Å²) >= 11 is 0. The highest BCUT2D eigenvalue weighted by Crippen LogP contribution is 2.21. The Balaban J connectivity index is 4.65. The fourth-order valence-electron chi connectivity index (χ4n) is 0.439. The molecule has 0 aromatic rings. The predicted octanol–water partition coefficient (Wildman–Crippen LogP) is 0.212. The molecule has 0 unspecified atom stereocenters. The van der Waals surface area contributed by atoms with Gasteiger partial charge in [-0.3, -0.25) is 0 Å². The lowest BCUT2D eigenvalue weighted by molar-refractivity contribution is -0.106. The molecule has 5 nitrogen and oxygen atoms in total. The first kappa shape index (κ1) is 12.7. The van der Waals surface area contributed by atoms with E-state index in [1.807, 2.05) is 0 Å². The van der Waals surface area contributed by atoms with Gasteiger partial charge in [0.15, 0.2) is 0 Å². The first-order chi connectivity index (χ1) is 5.41. The topological polar surface area (TPSA) is 82.4 Å². The van der Waals surface area contributed by atoms with Crippen molar-refractivity contribution in [2.24, 2.45) is 0 Å². The minimum atomic E-state index is -4.99. The van der Waals surface area contributed by atoms with Gasteiger partial charge in [-0.2, -0.15) is 13.2 Å². The van der Waals surface area contributed by atoms with Gasteiger partial charge < -0.3 is 4.13 Å². The van der Waals surface area contributed by atoms with Crippen LogP contribution in [0.1, 0.15) is 0 Å². The highest BCUT2D eigenvalue weighted by Gasteiger charge is 2.31. The molecule has 0 saturated carbocycles. The number of sulfonamides is 2. The number of hydrogen-bond acceptors (Lipinski definition) is 4. The highest BCUT2D eigenvalue weighted by molar-refractivity contribution is 8.11. The van der Waals surface area contributed by atoms with Crippen molar-refractivity contribution in [1.29, 1.82) is 0 Å². The monoisotopic (exact) mass is 240 g/mol. The molecule has 0 fully saturated rings. The molecule has 13 heavy (non-hydrogen) atoms. The summed E-state index contributed by atoms with van der Waals surface area (Å²) < 4.78 is 77.8. The molecule has 10 heteroatoms. The minimum absolute atomic E-state index is 0.390. The average Bonchev–Trinajstić information content (AvgIpc) is 1.43. The molecular formula is C3H5F3NO4S2-. The van der Waals surface area contributed by atoms with Crippen LogP contribution in [0.2, 0.25) is 0 Å². The maximum Gasteiger partial charge on any atom is 0.401 e. The zero-order chi connectivity index (χ0) is 10.9. The Bertz CT molecular complexity index is 366. The van der Waals surface area contributed by atoms with Gasteiger partial charge in [0.2, 0.25) is 0 Å². The number of halogens is 3. The van der Waals surface area contributed by atoms with Gasteiger partial charge in [0.05, 0.1) is 20.0 Å². The molecule has 0 bridgehead atoms. The van der Waals surface area contributed by atoms with Crippen LogP contribution >= 0.6 is 0 Å². The van der Waals surface area contributed by atoms with E-state index in [9.17, 15) is 30.0 Å². The fraction of sp³-hybridized carbons (Fsp3) is 1.00. The van der Waals surface area contributed by atoms with E-state index in [2.05, 4.69) is 4.13 Å². The van der Waals surface area contributed by atoms with Gasteiger partial charge in [0.25, 0.3) is 0 Å². The van der Waals surface area contributed by atoms with Crippen LogP contribution in [0.4, 0.5) is 13.2 Å². The zero-order valence-corrected chi connectivity index (χ0v) is 7.87. The molecule has 0 saturated heterocycles. The Hall–Kier alpha value is -0.350. The van der Waals surface area contributed by atoms with Crippen molar-refractivity contribution in [2.45, 2.75) is 6.18 Å². The maximum atomic E-state index is 11.5. The van der Waals surface area contributed by atoms with E-state index in [0.29, 0.717) is 6.26 Å². The van der Waals surface area contributed by atoms with E-state index in [1.54, 1.807) is 0 Å². The van der Waals surface area contributed by atoms with E-state index in [0.717, 1.165) is 0 Å². The standard InChI is InChI=1S/C3H5F3NO4S2/c1-12(8,9)7-13(10,11)2-3(4,5)6/h2H2,1H3/q-1. The molecule has 80 valence electrons. The Morgan fingerprint density at radius 1 is 1.15 bits per heavy atom. The summed E-state index contributed by atoms with van der Waals surface area (Å²) in [4.78, 5) is 0. The lowest BCUT2D eigenvalue weighted by atomic mass is 10.8. The smallest absolute Gasteiger partial charge is 0.401 e. The SMILES string of the molecule is CS(=O)(=O)[N-]S(=O)(=O)CC(F)(F)F. The second kappa shape index (κ2) is 3.42. The van der Waals surface area contributed by atoms with E-state index < -0.39 is 32.0 Å². The largest absolute Gasteiger partial charge is 0.436 e. The van der Waals surface area contributed by atoms with E-state index >= 15 is 0 Å². The number of alkyl halides is 3. The number of rotatable bonds is 3. The number of hydrogen-bond donors (Lipinski definition) is 0. The van der Waals surface area contributed by atoms with Crippen LogP contribution in [0, 0.1) is 0 Å². The van der Waals surface area contributed by atoms with Gasteiger partial charge in [-0.25, -0.2) is 16.8 Å². The van der Waals surface area contributed by atoms with Gasteiger partial charge in [-0.1, -0.05) is 0 Å². The first-order valence-corrected chi connectivity index (χ1v) is 6.11. The van der Waals surface area contributed by atoms with Crippen LogP contribution in [0.15, 0.2) is 0 Å². The Labute approximate surface area is 73.0 Å². The molecule has 0 aliphatic rings. The third kappa shape index (κ3) is 7.99. The average molecular weight is 240 g/mol. The second-order valence-corrected chi connectivity index (χ2v) is 5.66. The van der Waals surface area contributed by atoms with E-state index in [1.165, 1.54) is 0 Å². The summed E-state index contributed by atoms with van der Waals surface area (Å²) in [5.74, 6) is -2.27. The van der Waals surface area contributed by atoms with Crippen molar-refractivity contribution in [2.75, 3.05) is 12.0 Å². The van der Waals surface area contributed by atoms with Gasteiger partial charge in [-0.05, 0) is 0 Å². The van der Waals surface area contributed by atoms with Crippen LogP contribution < -0.4 is 0 Å². The summed E-state index contributed by atoms with van der Waals surface area (Å²) in [6.45, 7) is 0. The summed E-state index contributed by atoms with van der Waals surface area (Å²) in [7, 11) is -9.30. The summed E-state index contributed by atoms with van der Waals surface area (Å²) in [5, 5.41) is 0. The Morgan fingerprint density at radius 2 is 1.54 bits per heavy atom. The quantitative estimate of drug-likeness (QED) is 0.706. The fourth-order valence-corrected chi connectivity index (χ4v) is 2.71. The highest BCUT2D eigenvalue weighted by atomic mass is 32.3. The lowest BCUT2D eigenvalue weighted by Crippen LogP contribution is -2.23. The third-order valence-electron chi connectivity index (χ3n) is 0.595. The number of nitrogens with zero attached hydrogens (tertiary/aromatic N) is 1. The van der Waals surface area contributed by atoms with Crippen molar-refractivity contribution in [3.8, 4) is 0 Å². The molecule has 0 N–H and O–H groups in total. The molecule has 0 aliphatic heterocycles. The maximum absolute atomic E-state index is 11.5. The summed E-state index contributed by atoms with van der Waals surface area (Å²) in [6, 6.07) is 0. The molecule has 0 aliphatic carbocycles. The zero-order valence-electron chi connectivity index (χ0n) is 6.24. The molecule has 0 aromatic heterocycles. The van der Waals surface area contributed by atoms with Crippen LogP contribution in [0.3, 0.4) is 0 Å². The molecular weight excluding hydrogens is 235 g/mol. The van der Waals surface area contributed by atoms with Crippen LogP contribution in [0.5, 0.6) is 0 Å². The third-order valence-corrected chi connectivity index (χ3v) is 3.28. The van der Waals surface area contributed by atoms with E-state index in [4.69, 9.17) is 0 Å². The molecule has 0 aromatic carbocycles. The van der Waals surface area contributed by atoms with Crippen LogP contribution in [-0.2, 0) is 20.0 Å². The van der Waals surface area contributed by atoms with Gasteiger partial charge in [0, 0.05) is 6.26 Å². The normalized spacial score (nSPS) is 14.5. The predicted molar refractivity (Wildman–Crippen MR) is 38.0 cm³/mol. The van der Waals surface area contributed by atoms with Gasteiger partial charge in [0.1, 0.15) is 5.75 Å². The summed E-state index contributed by atoms with van der Waals surface area (Å²) in [5.41, 5.74) is 0. The lowest BCUT2D eigenvalue weighted by Gasteiger charge is -2.18. The van der Waals surface area contributed by atoms with Crippen molar-refractivity contribution in [1.82, 2.24) is 0 Å². The van der Waals surface area contributed by atoms with Crippen molar-refractivity contribution >= 4 is 20.0 Å². The second-order valence-electron chi connectivity index (χ2n) is 2.15. The molecule has 0 amide bonds. The molecule has 0 rings (SSSR count). The summed E-state index contributed by atoms with van der Waals surface area (Å²) in [6.07, 6.45) is -4.60. The van der Waals surface area contributed by atoms with Crippen molar-refractivity contribution in [3.63, 3.8) is 0 Å². The Kier molecular flexibility index (Phi) is 3.33. The van der Waals surface area contributed by atoms with Crippen LogP contribution in [0.25, 0.3) is 4.13 Å². The van der Waals surface area contributed by atoms with Crippen molar-refractivity contribution < 1.29 is 30.0 Å². The van der Waals surface area contributed by atoms with Crippen LogP contribution in [-0.4, -0.2) is 35.0 Å². The van der Waals surface area contributed by atoms with Gasteiger partial charge in [-0.15, -0.1) is 0 Å². The molecule has 0 spiro atoms. The first-order valence-electron chi connectivity index (χ1n) is 2.65. The minimum Gasteiger partial charge on any atom is -0.436 e.